The smallest absolute Gasteiger partial charge is 0.129 e. The molecule has 2 heteroatoms. The Morgan fingerprint density at radius 1 is 1.60 bits per heavy atom. The van der Waals surface area contributed by atoms with E-state index in [2.05, 4.69) is 22.9 Å². The lowest BCUT2D eigenvalue weighted by Gasteiger charge is -2.13. The second kappa shape index (κ2) is 2.29. The van der Waals surface area contributed by atoms with Gasteiger partial charge in [0.2, 0.25) is 0 Å². The fourth-order valence-electron chi connectivity index (χ4n) is 1.10. The van der Waals surface area contributed by atoms with Crippen molar-refractivity contribution >= 4 is 5.82 Å². The molecular weight excluding hydrogens is 124 g/mol. The third-order valence-electron chi connectivity index (χ3n) is 1.62. The Hall–Kier alpha value is -1.05. The van der Waals surface area contributed by atoms with E-state index in [0.717, 1.165) is 18.7 Å². The van der Waals surface area contributed by atoms with Gasteiger partial charge in [-0.1, -0.05) is 6.07 Å². The van der Waals surface area contributed by atoms with Gasteiger partial charge in [-0.2, -0.15) is 0 Å². The van der Waals surface area contributed by atoms with Gasteiger partial charge in [0.1, 0.15) is 5.82 Å². The Labute approximate surface area is 60.3 Å². The maximum Gasteiger partial charge on any atom is 0.129 e. The van der Waals surface area contributed by atoms with Crippen molar-refractivity contribution in [3.63, 3.8) is 0 Å². The van der Waals surface area contributed by atoms with E-state index in [1.165, 1.54) is 5.56 Å². The predicted molar refractivity (Wildman–Crippen MR) is 39.4 cm³/mol. The number of rotatable bonds is 0. The predicted octanol–water partition coefficient (Wildman–Crippen LogP) is 1.48. The first-order chi connectivity index (χ1) is 4.97. The fraction of sp³-hybridized carbons (Fsp3) is 0.250. The second-order valence-electron chi connectivity index (χ2n) is 2.31. The summed E-state index contributed by atoms with van der Waals surface area (Å²) in [5, 5.41) is 3.00. The van der Waals surface area contributed by atoms with E-state index in [0.29, 0.717) is 0 Å². The van der Waals surface area contributed by atoms with Crippen LogP contribution in [0.1, 0.15) is 12.0 Å². The highest BCUT2D eigenvalue weighted by molar-refractivity contribution is 5.47. The van der Waals surface area contributed by atoms with E-state index in [4.69, 9.17) is 0 Å². The van der Waals surface area contributed by atoms with Gasteiger partial charge in [0.05, 0.1) is 6.54 Å². The van der Waals surface area contributed by atoms with E-state index < -0.39 is 0 Å². The zero-order valence-corrected chi connectivity index (χ0v) is 5.59. The minimum atomic E-state index is 0.966. The first kappa shape index (κ1) is 5.71. The maximum atomic E-state index is 4.15. The van der Waals surface area contributed by atoms with Gasteiger partial charge in [-0.15, -0.1) is 0 Å². The largest absolute Gasteiger partial charge is 0.359 e. The number of nitrogens with zero attached hydrogens (tertiary/aromatic N) is 1. The number of nitrogens with one attached hydrogen (secondary N) is 1. The topological polar surface area (TPSA) is 24.9 Å². The molecule has 2 nitrogen and oxygen atoms in total. The molecule has 0 saturated heterocycles. The van der Waals surface area contributed by atoms with Crippen molar-refractivity contribution in [1.82, 2.24) is 4.98 Å². The molecule has 0 bridgehead atoms. The highest BCUT2D eigenvalue weighted by Crippen LogP contribution is 2.19. The molecule has 0 atom stereocenters. The summed E-state index contributed by atoms with van der Waals surface area (Å²) < 4.78 is 0. The van der Waals surface area contributed by atoms with Gasteiger partial charge in [-0.05, 0) is 24.5 Å². The van der Waals surface area contributed by atoms with Crippen LogP contribution in [-0.2, 0) is 6.42 Å². The summed E-state index contributed by atoms with van der Waals surface area (Å²) >= 11 is 0. The molecule has 2 heterocycles. The molecule has 10 heavy (non-hydrogen) atoms. The molecule has 0 aliphatic carbocycles. The lowest BCUT2D eigenvalue weighted by molar-refractivity contribution is 0.893. The van der Waals surface area contributed by atoms with E-state index in [-0.39, 0.29) is 0 Å². The fourth-order valence-corrected chi connectivity index (χ4v) is 1.10. The molecule has 1 aliphatic heterocycles. The highest BCUT2D eigenvalue weighted by atomic mass is 15.0. The summed E-state index contributed by atoms with van der Waals surface area (Å²) in [6.07, 6.45) is 3.84. The molecule has 0 aromatic carbocycles. The van der Waals surface area contributed by atoms with Crippen molar-refractivity contribution in [2.75, 3.05) is 5.32 Å². The number of fused-ring (bicyclic) bond motifs is 1. The minimum absolute atomic E-state index is 0.966. The zero-order chi connectivity index (χ0) is 6.81. The van der Waals surface area contributed by atoms with Gasteiger partial charge >= 0.3 is 0 Å². The van der Waals surface area contributed by atoms with Crippen LogP contribution in [0.15, 0.2) is 18.3 Å². The van der Waals surface area contributed by atoms with Crippen molar-refractivity contribution in [3.05, 3.63) is 30.4 Å². The quantitative estimate of drug-likeness (QED) is 0.578. The molecule has 1 aromatic rings. The maximum absolute atomic E-state index is 4.15. The Morgan fingerprint density at radius 3 is 3.50 bits per heavy atom. The Kier molecular flexibility index (Phi) is 1.31. The molecular formula is C8H8N2. The minimum Gasteiger partial charge on any atom is -0.359 e. The van der Waals surface area contributed by atoms with Crippen LogP contribution in [-0.4, -0.2) is 4.98 Å². The first-order valence-electron chi connectivity index (χ1n) is 3.39. The van der Waals surface area contributed by atoms with E-state index >= 15 is 0 Å². The van der Waals surface area contributed by atoms with Crippen molar-refractivity contribution < 1.29 is 0 Å². The summed E-state index contributed by atoms with van der Waals surface area (Å²) in [7, 11) is 0. The molecule has 1 N–H and O–H groups in total. The van der Waals surface area contributed by atoms with Crippen LogP contribution < -0.4 is 5.32 Å². The standard InChI is InChI=1S/C8H8N2/c1-3-7-4-2-6-10-8(7)9-5-1/h1,3,5H,2,4H2,(H,9,10). The SMILES string of the molecule is [C]1CCc2cccnc2N1. The Balaban J connectivity index is 2.41. The third kappa shape index (κ3) is 0.856. The zero-order valence-electron chi connectivity index (χ0n) is 5.59. The molecule has 0 spiro atoms. The molecule has 2 rings (SSSR count). The van der Waals surface area contributed by atoms with E-state index in [1.54, 1.807) is 6.20 Å². The molecule has 0 amide bonds. The summed E-state index contributed by atoms with van der Waals surface area (Å²) in [6.45, 7) is 3.03. The van der Waals surface area contributed by atoms with Crippen molar-refractivity contribution in [2.24, 2.45) is 0 Å². The Bertz CT molecular complexity index is 207. The van der Waals surface area contributed by atoms with Gasteiger partial charge in [0.15, 0.2) is 0 Å². The average molecular weight is 132 g/mol. The van der Waals surface area contributed by atoms with Crippen LogP contribution in [0.4, 0.5) is 5.82 Å². The lowest BCUT2D eigenvalue weighted by Crippen LogP contribution is -2.07. The van der Waals surface area contributed by atoms with Crippen LogP contribution in [0.5, 0.6) is 0 Å². The van der Waals surface area contributed by atoms with Crippen molar-refractivity contribution in [3.8, 4) is 0 Å². The van der Waals surface area contributed by atoms with Crippen LogP contribution in [0, 0.1) is 6.54 Å². The molecule has 0 saturated carbocycles. The molecule has 1 aliphatic rings. The monoisotopic (exact) mass is 132 g/mol. The number of anilines is 1. The third-order valence-corrected chi connectivity index (χ3v) is 1.62. The van der Waals surface area contributed by atoms with Crippen LogP contribution in [0.2, 0.25) is 0 Å². The lowest BCUT2D eigenvalue weighted by atomic mass is 10.1. The molecule has 2 radical (unpaired) electrons. The number of aromatic nitrogens is 1. The highest BCUT2D eigenvalue weighted by Gasteiger charge is 2.07. The van der Waals surface area contributed by atoms with E-state index in [9.17, 15) is 0 Å². The second-order valence-corrected chi connectivity index (χ2v) is 2.31. The Morgan fingerprint density at radius 2 is 2.60 bits per heavy atom. The average Bonchev–Trinajstić information content (AvgIpc) is 2.05. The summed E-state index contributed by atoms with van der Waals surface area (Å²) in [4.78, 5) is 4.15. The number of pyridine rings is 1. The first-order valence-corrected chi connectivity index (χ1v) is 3.39. The molecule has 0 unspecified atom stereocenters. The summed E-state index contributed by atoms with van der Waals surface area (Å²) in [5.74, 6) is 0.966. The van der Waals surface area contributed by atoms with Gasteiger partial charge in [-0.3, -0.25) is 0 Å². The van der Waals surface area contributed by atoms with Gasteiger partial charge < -0.3 is 5.32 Å². The van der Waals surface area contributed by atoms with Gasteiger partial charge in [0.25, 0.3) is 0 Å². The summed E-state index contributed by atoms with van der Waals surface area (Å²) in [5.41, 5.74) is 1.29. The molecule has 50 valence electrons. The summed E-state index contributed by atoms with van der Waals surface area (Å²) in [6, 6.07) is 4.06. The van der Waals surface area contributed by atoms with E-state index in [1.807, 2.05) is 6.07 Å². The van der Waals surface area contributed by atoms with Crippen molar-refractivity contribution in [1.29, 1.82) is 0 Å². The number of aryl methyl sites for hydroxylation is 1. The van der Waals surface area contributed by atoms with Gasteiger partial charge in [-0.25, -0.2) is 4.98 Å². The van der Waals surface area contributed by atoms with Crippen LogP contribution in [0.3, 0.4) is 0 Å². The normalized spacial score (nSPS) is 15.6. The number of hydrogen-bond acceptors (Lipinski definition) is 2. The molecule has 0 fully saturated rings. The van der Waals surface area contributed by atoms with Crippen LogP contribution in [0.25, 0.3) is 0 Å². The van der Waals surface area contributed by atoms with Crippen LogP contribution >= 0.6 is 0 Å². The molecule has 1 aromatic heterocycles. The van der Waals surface area contributed by atoms with Crippen molar-refractivity contribution in [2.45, 2.75) is 12.8 Å². The van der Waals surface area contributed by atoms with Gasteiger partial charge in [0, 0.05) is 6.20 Å². The number of hydrogen-bond donors (Lipinski definition) is 1.